The minimum Gasteiger partial charge on any atom is -0.360 e. The van der Waals surface area contributed by atoms with E-state index in [9.17, 15) is 18.0 Å². The molecule has 1 aromatic carbocycles. The van der Waals surface area contributed by atoms with Gasteiger partial charge in [0, 0.05) is 12.7 Å². The Kier molecular flexibility index (Phi) is 5.66. The van der Waals surface area contributed by atoms with Crippen LogP contribution in [-0.4, -0.2) is 24.5 Å². The number of halogens is 3. The fourth-order valence-corrected chi connectivity index (χ4v) is 2.27. The monoisotopic (exact) mass is 373 g/mol. The number of rotatable bonds is 4. The molecular weight excluding hydrogens is 359 g/mol. The minimum absolute atomic E-state index is 0.0585. The molecule has 0 aliphatic heterocycles. The van der Waals surface area contributed by atoms with Crippen molar-refractivity contribution >= 4 is 17.4 Å². The molecule has 138 valence electrons. The maximum absolute atomic E-state index is 12.9. The number of aryl methyl sites for hydroxylation is 1. The highest BCUT2D eigenvalue weighted by Gasteiger charge is 2.34. The minimum atomic E-state index is -4.67. The lowest BCUT2D eigenvalue weighted by Crippen LogP contribution is -2.32. The van der Waals surface area contributed by atoms with Crippen LogP contribution in [0.1, 0.15) is 22.4 Å². The van der Waals surface area contributed by atoms with E-state index < -0.39 is 17.8 Å². The lowest BCUT2D eigenvalue weighted by Gasteiger charge is -2.19. The molecule has 0 radical (unpaired) electrons. The van der Waals surface area contributed by atoms with Gasteiger partial charge in [-0.05, 0) is 42.8 Å². The maximum atomic E-state index is 12.9. The summed E-state index contributed by atoms with van der Waals surface area (Å²) in [6.45, 7) is 1.00. The second-order valence-corrected chi connectivity index (χ2v) is 5.62. The Morgan fingerprint density at radius 3 is 2.37 bits per heavy atom. The van der Waals surface area contributed by atoms with E-state index in [1.165, 1.54) is 31.0 Å². The van der Waals surface area contributed by atoms with E-state index in [4.69, 9.17) is 10.5 Å². The Morgan fingerprint density at radius 2 is 1.85 bits per heavy atom. The predicted molar refractivity (Wildman–Crippen MR) is 91.7 cm³/mol. The van der Waals surface area contributed by atoms with Crippen LogP contribution >= 0.6 is 0 Å². The average molecular weight is 373 g/mol. The van der Waals surface area contributed by atoms with Gasteiger partial charge in [0.15, 0.2) is 0 Å². The molecule has 1 amide bonds. The molecular formula is C18H14F3N5O. The summed E-state index contributed by atoms with van der Waals surface area (Å²) in [6, 6.07) is 10.8. The van der Waals surface area contributed by atoms with Crippen molar-refractivity contribution in [2.24, 2.45) is 0 Å². The highest BCUT2D eigenvalue weighted by atomic mass is 19.4. The van der Waals surface area contributed by atoms with Crippen molar-refractivity contribution in [3.05, 3.63) is 52.7 Å². The molecule has 0 bridgehead atoms. The van der Waals surface area contributed by atoms with Crippen molar-refractivity contribution in [2.45, 2.75) is 13.1 Å². The molecule has 0 spiro atoms. The average Bonchev–Trinajstić information content (AvgIpc) is 2.64. The lowest BCUT2D eigenvalue weighted by atomic mass is 10.1. The fraction of sp³-hybridized carbons (Fsp3) is 0.222. The van der Waals surface area contributed by atoms with E-state index in [0.29, 0.717) is 11.3 Å². The number of alkyl halides is 3. The Balaban J connectivity index is 2.19. The predicted octanol–water partition coefficient (Wildman–Crippen LogP) is 3.23. The molecule has 0 aliphatic rings. The summed E-state index contributed by atoms with van der Waals surface area (Å²) in [7, 11) is 1.49. The molecule has 6 nitrogen and oxygen atoms in total. The van der Waals surface area contributed by atoms with Gasteiger partial charge in [-0.15, -0.1) is 0 Å². The number of benzene rings is 1. The zero-order valence-corrected chi connectivity index (χ0v) is 14.4. The number of carbonyl (C=O) groups is 1. The third-order valence-corrected chi connectivity index (χ3v) is 3.78. The zero-order chi connectivity index (χ0) is 20.2. The van der Waals surface area contributed by atoms with Gasteiger partial charge in [-0.2, -0.15) is 23.7 Å². The Morgan fingerprint density at radius 1 is 1.22 bits per heavy atom. The van der Waals surface area contributed by atoms with Crippen molar-refractivity contribution < 1.29 is 18.0 Å². The summed E-state index contributed by atoms with van der Waals surface area (Å²) < 4.78 is 38.8. The SMILES string of the molecule is Cc1cc(C(F)(F)F)nc(NCC(=O)N(C)c2ccc(C#N)cc2)c1C#N. The summed E-state index contributed by atoms with van der Waals surface area (Å²) in [6.07, 6.45) is -4.67. The van der Waals surface area contributed by atoms with Gasteiger partial charge in [-0.25, -0.2) is 4.98 Å². The summed E-state index contributed by atoms with van der Waals surface area (Å²) in [5.74, 6) is -0.758. The van der Waals surface area contributed by atoms with Crippen LogP contribution in [0.5, 0.6) is 0 Å². The number of carbonyl (C=O) groups excluding carboxylic acids is 1. The normalized spacial score (nSPS) is 10.6. The molecule has 2 aromatic rings. The molecule has 0 saturated heterocycles. The largest absolute Gasteiger partial charge is 0.433 e. The van der Waals surface area contributed by atoms with Crippen LogP contribution in [0.25, 0.3) is 0 Å². The maximum Gasteiger partial charge on any atom is 0.433 e. The highest BCUT2D eigenvalue weighted by Crippen LogP contribution is 2.31. The number of aromatic nitrogens is 1. The van der Waals surface area contributed by atoms with Crippen molar-refractivity contribution in [1.82, 2.24) is 4.98 Å². The first-order chi connectivity index (χ1) is 12.7. The first-order valence-corrected chi connectivity index (χ1v) is 7.67. The Hall–Kier alpha value is -3.59. The van der Waals surface area contributed by atoms with Gasteiger partial charge in [-0.3, -0.25) is 4.79 Å². The highest BCUT2D eigenvalue weighted by molar-refractivity contribution is 5.95. The summed E-state index contributed by atoms with van der Waals surface area (Å²) in [5.41, 5.74) is -0.157. The smallest absolute Gasteiger partial charge is 0.360 e. The number of nitrogens with zero attached hydrogens (tertiary/aromatic N) is 4. The van der Waals surface area contributed by atoms with E-state index in [1.54, 1.807) is 18.2 Å². The lowest BCUT2D eigenvalue weighted by molar-refractivity contribution is -0.141. The van der Waals surface area contributed by atoms with Crippen LogP contribution in [0.15, 0.2) is 30.3 Å². The van der Waals surface area contributed by atoms with Crippen LogP contribution < -0.4 is 10.2 Å². The molecule has 0 atom stereocenters. The number of hydrogen-bond donors (Lipinski definition) is 1. The van der Waals surface area contributed by atoms with E-state index >= 15 is 0 Å². The quantitative estimate of drug-likeness (QED) is 0.888. The second kappa shape index (κ2) is 7.75. The Bertz CT molecular complexity index is 940. The van der Waals surface area contributed by atoms with Gasteiger partial charge in [0.25, 0.3) is 0 Å². The molecule has 1 aromatic heterocycles. The summed E-state index contributed by atoms with van der Waals surface area (Å²) in [5, 5.41) is 20.5. The topological polar surface area (TPSA) is 92.8 Å². The molecule has 0 unspecified atom stereocenters. The van der Waals surface area contributed by atoms with Crippen LogP contribution in [0.3, 0.4) is 0 Å². The molecule has 0 fully saturated rings. The Labute approximate surface area is 153 Å². The standard InChI is InChI=1S/C18H14F3N5O/c1-11-7-15(18(19,20)21)25-17(14(11)9-23)24-10-16(27)26(2)13-5-3-12(8-22)4-6-13/h3-7H,10H2,1-2H3,(H,24,25). The van der Waals surface area contributed by atoms with Crippen molar-refractivity contribution in [3.8, 4) is 12.1 Å². The molecule has 1 heterocycles. The van der Waals surface area contributed by atoms with Crippen molar-refractivity contribution in [1.29, 1.82) is 10.5 Å². The number of likely N-dealkylation sites (N-methyl/N-ethyl adjacent to an activating group) is 1. The van der Waals surface area contributed by atoms with Crippen molar-refractivity contribution in [3.63, 3.8) is 0 Å². The van der Waals surface area contributed by atoms with Gasteiger partial charge in [0.2, 0.25) is 5.91 Å². The zero-order valence-electron chi connectivity index (χ0n) is 14.4. The molecule has 0 aliphatic carbocycles. The van der Waals surface area contributed by atoms with E-state index in [1.807, 2.05) is 6.07 Å². The summed E-state index contributed by atoms with van der Waals surface area (Å²) in [4.78, 5) is 17.0. The molecule has 9 heteroatoms. The van der Waals surface area contributed by atoms with Crippen LogP contribution in [-0.2, 0) is 11.0 Å². The first kappa shape index (κ1) is 19.7. The third kappa shape index (κ3) is 4.53. The fourth-order valence-electron chi connectivity index (χ4n) is 2.27. The number of nitrogens with one attached hydrogen (secondary N) is 1. The number of hydrogen-bond acceptors (Lipinski definition) is 5. The van der Waals surface area contributed by atoms with Gasteiger partial charge >= 0.3 is 6.18 Å². The molecule has 2 rings (SSSR count). The van der Waals surface area contributed by atoms with E-state index in [2.05, 4.69) is 10.3 Å². The van der Waals surface area contributed by atoms with Crippen LogP contribution in [0.2, 0.25) is 0 Å². The van der Waals surface area contributed by atoms with Gasteiger partial charge in [0.1, 0.15) is 17.6 Å². The van der Waals surface area contributed by atoms with Crippen LogP contribution in [0.4, 0.5) is 24.7 Å². The second-order valence-electron chi connectivity index (χ2n) is 5.62. The number of nitriles is 2. The van der Waals surface area contributed by atoms with Crippen LogP contribution in [0, 0.1) is 29.6 Å². The summed E-state index contributed by atoms with van der Waals surface area (Å²) >= 11 is 0. The van der Waals surface area contributed by atoms with E-state index in [0.717, 1.165) is 6.07 Å². The molecule has 1 N–H and O–H groups in total. The number of anilines is 2. The van der Waals surface area contributed by atoms with Gasteiger partial charge < -0.3 is 10.2 Å². The van der Waals surface area contributed by atoms with Gasteiger partial charge in [-0.1, -0.05) is 0 Å². The third-order valence-electron chi connectivity index (χ3n) is 3.78. The van der Waals surface area contributed by atoms with E-state index in [-0.39, 0.29) is 23.5 Å². The van der Waals surface area contributed by atoms with Crippen molar-refractivity contribution in [2.75, 3.05) is 23.8 Å². The number of amides is 1. The van der Waals surface area contributed by atoms with Gasteiger partial charge in [0.05, 0.1) is 23.7 Å². The number of pyridine rings is 1. The molecule has 0 saturated carbocycles. The first-order valence-electron chi connectivity index (χ1n) is 7.67. The molecule has 27 heavy (non-hydrogen) atoms.